The standard InChI is InChI=1S/C39H30N2/c1-39(2)33-12-6-3-9-27(33)28-18-17-26(23-34(28)39)41-37-14-8-5-11-30(37)32-22-25(16-20-38(32)41)24-15-19-36-31(21-24)29-10-4-7-13-35(29)40-36/h3-23,32,38,40H,1-2H3. The molecule has 1 aliphatic heterocycles. The zero-order valence-electron chi connectivity index (χ0n) is 23.2. The van der Waals surface area contributed by atoms with Crippen LogP contribution in [-0.2, 0) is 5.41 Å². The van der Waals surface area contributed by atoms with Crippen molar-refractivity contribution in [3.05, 3.63) is 150 Å². The normalized spacial score (nSPS) is 19.7. The zero-order chi connectivity index (χ0) is 27.3. The van der Waals surface area contributed by atoms with Gasteiger partial charge >= 0.3 is 0 Å². The van der Waals surface area contributed by atoms with Gasteiger partial charge in [-0.3, -0.25) is 0 Å². The van der Waals surface area contributed by atoms with Gasteiger partial charge in [0.15, 0.2) is 0 Å². The van der Waals surface area contributed by atoms with Crippen molar-refractivity contribution in [2.75, 3.05) is 4.90 Å². The number of H-pyrrole nitrogens is 1. The van der Waals surface area contributed by atoms with Gasteiger partial charge < -0.3 is 9.88 Å². The van der Waals surface area contributed by atoms with Crippen molar-refractivity contribution >= 4 is 38.8 Å². The molecule has 196 valence electrons. The lowest BCUT2D eigenvalue weighted by molar-refractivity contribution is 0.659. The summed E-state index contributed by atoms with van der Waals surface area (Å²) in [5.41, 5.74) is 14.5. The number of benzene rings is 5. The van der Waals surface area contributed by atoms with Crippen molar-refractivity contribution in [2.24, 2.45) is 0 Å². The Hall–Kier alpha value is -4.82. The molecule has 6 aromatic rings. The third kappa shape index (κ3) is 3.13. The second-order valence-electron chi connectivity index (χ2n) is 12.3. The first-order chi connectivity index (χ1) is 20.1. The fraction of sp³-hybridized carbons (Fsp3) is 0.128. The van der Waals surface area contributed by atoms with Crippen LogP contribution in [0.25, 0.3) is 38.5 Å². The molecule has 2 atom stereocenters. The molecular formula is C39H30N2. The van der Waals surface area contributed by atoms with E-state index in [1.807, 2.05) is 0 Å². The minimum atomic E-state index is -0.0168. The van der Waals surface area contributed by atoms with Gasteiger partial charge in [0.05, 0.1) is 6.04 Å². The van der Waals surface area contributed by atoms with E-state index >= 15 is 0 Å². The van der Waals surface area contributed by atoms with Crippen molar-refractivity contribution < 1.29 is 0 Å². The molecule has 2 aliphatic carbocycles. The number of anilines is 2. The fourth-order valence-electron chi connectivity index (χ4n) is 7.71. The Bertz CT molecular complexity index is 2100. The van der Waals surface area contributed by atoms with Crippen LogP contribution in [0.5, 0.6) is 0 Å². The molecule has 0 saturated heterocycles. The van der Waals surface area contributed by atoms with Gasteiger partial charge in [0.1, 0.15) is 0 Å². The van der Waals surface area contributed by atoms with E-state index in [-0.39, 0.29) is 11.5 Å². The molecule has 41 heavy (non-hydrogen) atoms. The van der Waals surface area contributed by atoms with E-state index in [1.165, 1.54) is 72.1 Å². The Morgan fingerprint density at radius 1 is 0.683 bits per heavy atom. The van der Waals surface area contributed by atoms with Gasteiger partial charge in [0, 0.05) is 44.5 Å². The first-order valence-electron chi connectivity index (χ1n) is 14.6. The van der Waals surface area contributed by atoms with Crippen molar-refractivity contribution in [1.29, 1.82) is 0 Å². The smallest absolute Gasteiger partial charge is 0.0630 e. The van der Waals surface area contributed by atoms with Gasteiger partial charge in [-0.1, -0.05) is 105 Å². The molecule has 0 spiro atoms. The van der Waals surface area contributed by atoms with Crippen LogP contribution >= 0.6 is 0 Å². The molecule has 2 heterocycles. The van der Waals surface area contributed by atoms with Crippen molar-refractivity contribution in [3.63, 3.8) is 0 Å². The van der Waals surface area contributed by atoms with Gasteiger partial charge in [0.2, 0.25) is 0 Å². The number of rotatable bonds is 2. The van der Waals surface area contributed by atoms with Crippen LogP contribution in [0, 0.1) is 0 Å². The lowest BCUT2D eigenvalue weighted by Gasteiger charge is -2.31. The average molecular weight is 527 g/mol. The molecule has 0 radical (unpaired) electrons. The Labute approximate surface area is 240 Å². The predicted octanol–water partition coefficient (Wildman–Crippen LogP) is 9.88. The summed E-state index contributed by atoms with van der Waals surface area (Å²) >= 11 is 0. The zero-order valence-corrected chi connectivity index (χ0v) is 23.2. The third-order valence-corrected chi connectivity index (χ3v) is 9.74. The summed E-state index contributed by atoms with van der Waals surface area (Å²) in [5.74, 6) is 0.295. The van der Waals surface area contributed by atoms with Crippen LogP contribution in [0.4, 0.5) is 11.4 Å². The van der Waals surface area contributed by atoms with Gasteiger partial charge in [0.25, 0.3) is 0 Å². The highest BCUT2D eigenvalue weighted by Crippen LogP contribution is 2.53. The maximum Gasteiger partial charge on any atom is 0.0630 e. The summed E-state index contributed by atoms with van der Waals surface area (Å²) in [7, 11) is 0. The predicted molar refractivity (Wildman–Crippen MR) is 172 cm³/mol. The number of allylic oxidation sites excluding steroid dienone is 2. The second kappa shape index (κ2) is 8.11. The van der Waals surface area contributed by atoms with Gasteiger partial charge in [-0.2, -0.15) is 0 Å². The minimum absolute atomic E-state index is 0.0168. The molecule has 0 bridgehead atoms. The van der Waals surface area contributed by atoms with Gasteiger partial charge in [-0.25, -0.2) is 0 Å². The maximum atomic E-state index is 3.57. The molecule has 2 nitrogen and oxygen atoms in total. The summed E-state index contributed by atoms with van der Waals surface area (Å²) in [4.78, 5) is 6.13. The summed E-state index contributed by atoms with van der Waals surface area (Å²) < 4.78 is 0. The number of hydrogen-bond donors (Lipinski definition) is 1. The Morgan fingerprint density at radius 2 is 1.46 bits per heavy atom. The molecule has 5 aromatic carbocycles. The summed E-state index contributed by atoms with van der Waals surface area (Å²) in [6.45, 7) is 4.73. The van der Waals surface area contributed by atoms with Gasteiger partial charge in [-0.05, 0) is 75.4 Å². The summed E-state index contributed by atoms with van der Waals surface area (Å²) in [6, 6.07) is 40.6. The number of nitrogens with zero attached hydrogens (tertiary/aromatic N) is 1. The molecule has 0 fully saturated rings. The maximum absolute atomic E-state index is 3.57. The molecule has 9 rings (SSSR count). The number of aromatic amines is 1. The quantitative estimate of drug-likeness (QED) is 0.238. The minimum Gasteiger partial charge on any atom is -0.355 e. The molecule has 2 heteroatoms. The van der Waals surface area contributed by atoms with E-state index in [0.29, 0.717) is 5.92 Å². The molecule has 1 aromatic heterocycles. The second-order valence-corrected chi connectivity index (χ2v) is 12.3. The molecular weight excluding hydrogens is 496 g/mol. The van der Waals surface area contributed by atoms with Crippen LogP contribution < -0.4 is 4.90 Å². The molecule has 0 saturated carbocycles. The monoisotopic (exact) mass is 526 g/mol. The fourth-order valence-corrected chi connectivity index (χ4v) is 7.71. The van der Waals surface area contributed by atoms with E-state index < -0.39 is 0 Å². The third-order valence-electron chi connectivity index (χ3n) is 9.74. The Balaban J connectivity index is 1.14. The first-order valence-corrected chi connectivity index (χ1v) is 14.6. The molecule has 2 unspecified atom stereocenters. The lowest BCUT2D eigenvalue weighted by Crippen LogP contribution is -2.29. The molecule has 1 N–H and O–H groups in total. The topological polar surface area (TPSA) is 19.0 Å². The van der Waals surface area contributed by atoms with E-state index in [4.69, 9.17) is 0 Å². The number of aromatic nitrogens is 1. The van der Waals surface area contributed by atoms with Crippen LogP contribution in [-0.4, -0.2) is 11.0 Å². The SMILES string of the molecule is CC1(C)c2ccccc2-c2ccc(N3c4ccccc4C4C=C(c5ccc6[nH]c7ccccc7c6c5)C=CC43)cc21. The van der Waals surface area contributed by atoms with Crippen LogP contribution in [0.3, 0.4) is 0 Å². The number of para-hydroxylation sites is 2. The van der Waals surface area contributed by atoms with E-state index in [2.05, 4.69) is 151 Å². The first kappa shape index (κ1) is 22.9. The van der Waals surface area contributed by atoms with Crippen molar-refractivity contribution in [3.8, 4) is 11.1 Å². The average Bonchev–Trinajstić information content (AvgIpc) is 3.62. The van der Waals surface area contributed by atoms with E-state index in [1.54, 1.807) is 0 Å². The highest BCUT2D eigenvalue weighted by Gasteiger charge is 2.40. The number of nitrogens with one attached hydrogen (secondary N) is 1. The van der Waals surface area contributed by atoms with E-state index in [0.717, 1.165) is 0 Å². The van der Waals surface area contributed by atoms with Crippen molar-refractivity contribution in [2.45, 2.75) is 31.2 Å². The van der Waals surface area contributed by atoms with Crippen molar-refractivity contribution in [1.82, 2.24) is 4.98 Å². The number of hydrogen-bond acceptors (Lipinski definition) is 1. The Kier molecular flexibility index (Phi) is 4.54. The summed E-state index contributed by atoms with van der Waals surface area (Å²) in [6.07, 6.45) is 7.25. The largest absolute Gasteiger partial charge is 0.355 e. The highest BCUT2D eigenvalue weighted by molar-refractivity contribution is 6.08. The highest BCUT2D eigenvalue weighted by atomic mass is 15.2. The van der Waals surface area contributed by atoms with E-state index in [9.17, 15) is 0 Å². The van der Waals surface area contributed by atoms with Crippen LogP contribution in [0.15, 0.2) is 127 Å². The van der Waals surface area contributed by atoms with Crippen LogP contribution in [0.1, 0.15) is 42.0 Å². The molecule has 0 amide bonds. The number of fused-ring (bicyclic) bond motifs is 9. The summed E-state index contributed by atoms with van der Waals surface area (Å²) in [5, 5.41) is 2.56. The van der Waals surface area contributed by atoms with Gasteiger partial charge in [-0.15, -0.1) is 0 Å². The molecule has 3 aliphatic rings. The van der Waals surface area contributed by atoms with Crippen LogP contribution in [0.2, 0.25) is 0 Å². The Morgan fingerprint density at radius 3 is 2.41 bits per heavy atom. The lowest BCUT2D eigenvalue weighted by atomic mass is 9.82.